The van der Waals surface area contributed by atoms with Gasteiger partial charge < -0.3 is 15.2 Å². The Kier molecular flexibility index (Phi) is 5.87. The number of nitrogens with one attached hydrogen (secondary N) is 1. The van der Waals surface area contributed by atoms with Crippen LogP contribution >= 0.6 is 0 Å². The molecule has 0 unspecified atom stereocenters. The van der Waals surface area contributed by atoms with Crippen LogP contribution in [0.2, 0.25) is 0 Å². The molecule has 1 saturated carbocycles. The third kappa shape index (κ3) is 4.85. The van der Waals surface area contributed by atoms with E-state index in [0.29, 0.717) is 19.6 Å². The van der Waals surface area contributed by atoms with E-state index < -0.39 is 0 Å². The fourth-order valence-electron chi connectivity index (χ4n) is 2.54. The molecule has 4 heteroatoms. The van der Waals surface area contributed by atoms with Crippen LogP contribution in [-0.2, 0) is 4.79 Å². The van der Waals surface area contributed by atoms with Gasteiger partial charge in [-0.05, 0) is 37.8 Å². The van der Waals surface area contributed by atoms with E-state index in [9.17, 15) is 9.90 Å². The minimum absolute atomic E-state index is 0.0196. The molecule has 110 valence electrons. The molecule has 2 N–H and O–H groups in total. The molecular weight excluding hydrogens is 254 g/mol. The highest BCUT2D eigenvalue weighted by atomic mass is 16.5. The number of ether oxygens (including phenoxy) is 1. The van der Waals surface area contributed by atoms with E-state index in [2.05, 4.69) is 5.32 Å². The summed E-state index contributed by atoms with van der Waals surface area (Å²) in [6, 6.07) is 9.66. The number of carbonyl (C=O) groups excluding carboxylic acids is 1. The lowest BCUT2D eigenvalue weighted by Gasteiger charge is -2.24. The third-order valence-electron chi connectivity index (χ3n) is 3.65. The van der Waals surface area contributed by atoms with Gasteiger partial charge in [0.15, 0.2) is 0 Å². The Morgan fingerprint density at radius 3 is 2.85 bits per heavy atom. The summed E-state index contributed by atoms with van der Waals surface area (Å²) in [5.74, 6) is 0.909. The van der Waals surface area contributed by atoms with Crippen molar-refractivity contribution >= 4 is 5.91 Å². The lowest BCUT2D eigenvalue weighted by atomic mass is 9.87. The van der Waals surface area contributed by atoms with Crippen molar-refractivity contribution in [3.8, 4) is 5.75 Å². The number of aliphatic hydroxyl groups is 1. The van der Waals surface area contributed by atoms with Crippen molar-refractivity contribution in [2.24, 2.45) is 5.92 Å². The molecule has 4 nitrogen and oxygen atoms in total. The van der Waals surface area contributed by atoms with Crippen molar-refractivity contribution in [1.29, 1.82) is 0 Å². The van der Waals surface area contributed by atoms with E-state index in [0.717, 1.165) is 31.4 Å². The fourth-order valence-corrected chi connectivity index (χ4v) is 2.54. The average molecular weight is 277 g/mol. The summed E-state index contributed by atoms with van der Waals surface area (Å²) >= 11 is 0. The molecule has 0 spiro atoms. The number of hydrogen-bond donors (Lipinski definition) is 2. The summed E-state index contributed by atoms with van der Waals surface area (Å²) in [4.78, 5) is 11.9. The second kappa shape index (κ2) is 7.90. The molecule has 0 aromatic heterocycles. The predicted molar refractivity (Wildman–Crippen MR) is 77.5 cm³/mol. The maximum Gasteiger partial charge on any atom is 0.223 e. The molecule has 0 bridgehead atoms. The van der Waals surface area contributed by atoms with Crippen LogP contribution in [0.3, 0.4) is 0 Å². The van der Waals surface area contributed by atoms with Gasteiger partial charge in [-0.3, -0.25) is 4.79 Å². The Labute approximate surface area is 120 Å². The van der Waals surface area contributed by atoms with Gasteiger partial charge in [0.25, 0.3) is 0 Å². The number of aliphatic hydroxyl groups excluding tert-OH is 1. The van der Waals surface area contributed by atoms with Crippen molar-refractivity contribution in [1.82, 2.24) is 5.32 Å². The van der Waals surface area contributed by atoms with E-state index in [-0.39, 0.29) is 17.9 Å². The Balaban J connectivity index is 1.57. The van der Waals surface area contributed by atoms with Crippen LogP contribution in [0.15, 0.2) is 30.3 Å². The molecule has 20 heavy (non-hydrogen) atoms. The zero-order chi connectivity index (χ0) is 14.2. The summed E-state index contributed by atoms with van der Waals surface area (Å²) in [6.07, 6.45) is 3.75. The number of benzene rings is 1. The van der Waals surface area contributed by atoms with Gasteiger partial charge in [-0.2, -0.15) is 0 Å². The molecule has 1 aromatic rings. The van der Waals surface area contributed by atoms with Gasteiger partial charge in [-0.15, -0.1) is 0 Å². The molecule has 0 aliphatic heterocycles. The molecule has 2 rings (SSSR count). The highest BCUT2D eigenvalue weighted by molar-refractivity contribution is 5.78. The van der Waals surface area contributed by atoms with E-state index >= 15 is 0 Å². The molecule has 1 aliphatic rings. The Hall–Kier alpha value is -1.55. The topological polar surface area (TPSA) is 58.6 Å². The van der Waals surface area contributed by atoms with Crippen molar-refractivity contribution < 1.29 is 14.6 Å². The number of para-hydroxylation sites is 1. The maximum atomic E-state index is 11.9. The van der Waals surface area contributed by atoms with Crippen LogP contribution in [0.5, 0.6) is 5.75 Å². The van der Waals surface area contributed by atoms with Gasteiger partial charge in [0, 0.05) is 12.5 Å². The Bertz CT molecular complexity index is 407. The maximum absolute atomic E-state index is 11.9. The minimum Gasteiger partial charge on any atom is -0.494 e. The second-order valence-corrected chi connectivity index (χ2v) is 5.32. The summed E-state index contributed by atoms with van der Waals surface area (Å²) in [7, 11) is 0. The number of hydrogen-bond acceptors (Lipinski definition) is 3. The molecular formula is C16H23NO3. The summed E-state index contributed by atoms with van der Waals surface area (Å²) < 4.78 is 5.56. The monoisotopic (exact) mass is 277 g/mol. The average Bonchev–Trinajstić information content (AvgIpc) is 2.48. The standard InChI is InChI=1S/C16H23NO3/c18-14-7-4-6-13(12-14)16(19)17-10-5-11-20-15-8-2-1-3-9-15/h1-3,8-9,13-14,18H,4-7,10-12H2,(H,17,19)/t13-,14-/m0/s1. The highest BCUT2D eigenvalue weighted by Gasteiger charge is 2.25. The number of carbonyl (C=O) groups is 1. The summed E-state index contributed by atoms with van der Waals surface area (Å²) in [6.45, 7) is 1.22. The molecule has 2 atom stereocenters. The minimum atomic E-state index is -0.305. The smallest absolute Gasteiger partial charge is 0.223 e. The van der Waals surface area contributed by atoms with Crippen molar-refractivity contribution in [2.45, 2.75) is 38.2 Å². The number of amides is 1. The van der Waals surface area contributed by atoms with Crippen molar-refractivity contribution in [3.63, 3.8) is 0 Å². The van der Waals surface area contributed by atoms with E-state index in [4.69, 9.17) is 4.74 Å². The lowest BCUT2D eigenvalue weighted by Crippen LogP contribution is -2.35. The zero-order valence-electron chi connectivity index (χ0n) is 11.8. The highest BCUT2D eigenvalue weighted by Crippen LogP contribution is 2.24. The summed E-state index contributed by atoms with van der Waals surface area (Å²) in [5.41, 5.74) is 0. The SMILES string of the molecule is O=C(NCCCOc1ccccc1)[C@H]1CCC[C@H](O)C1. The van der Waals surface area contributed by atoms with Gasteiger partial charge in [0.05, 0.1) is 12.7 Å². The van der Waals surface area contributed by atoms with Crippen molar-refractivity contribution in [2.75, 3.05) is 13.2 Å². The first kappa shape index (κ1) is 14.9. The van der Waals surface area contributed by atoms with E-state index in [1.807, 2.05) is 30.3 Å². The van der Waals surface area contributed by atoms with Gasteiger partial charge >= 0.3 is 0 Å². The predicted octanol–water partition coefficient (Wildman–Crippen LogP) is 2.12. The first-order chi connectivity index (χ1) is 9.75. The van der Waals surface area contributed by atoms with Crippen molar-refractivity contribution in [3.05, 3.63) is 30.3 Å². The first-order valence-corrected chi connectivity index (χ1v) is 7.39. The van der Waals surface area contributed by atoms with Crippen LogP contribution in [0, 0.1) is 5.92 Å². The van der Waals surface area contributed by atoms with Crippen LogP contribution in [0.25, 0.3) is 0 Å². The van der Waals surface area contributed by atoms with Crippen LogP contribution in [0.4, 0.5) is 0 Å². The number of rotatable bonds is 6. The molecule has 0 saturated heterocycles. The van der Waals surface area contributed by atoms with Crippen LogP contribution in [-0.4, -0.2) is 30.3 Å². The zero-order valence-corrected chi connectivity index (χ0v) is 11.8. The summed E-state index contributed by atoms with van der Waals surface area (Å²) in [5, 5.41) is 12.5. The molecule has 1 aliphatic carbocycles. The quantitative estimate of drug-likeness (QED) is 0.783. The van der Waals surface area contributed by atoms with Gasteiger partial charge in [-0.25, -0.2) is 0 Å². The van der Waals surface area contributed by atoms with Crippen LogP contribution < -0.4 is 10.1 Å². The normalized spacial score (nSPS) is 22.2. The van der Waals surface area contributed by atoms with Gasteiger partial charge in [0.2, 0.25) is 5.91 Å². The Morgan fingerprint density at radius 2 is 2.10 bits per heavy atom. The van der Waals surface area contributed by atoms with E-state index in [1.54, 1.807) is 0 Å². The van der Waals surface area contributed by atoms with Crippen LogP contribution in [0.1, 0.15) is 32.1 Å². The van der Waals surface area contributed by atoms with Gasteiger partial charge in [0.1, 0.15) is 5.75 Å². The lowest BCUT2D eigenvalue weighted by molar-refractivity contribution is -0.127. The molecule has 1 fully saturated rings. The first-order valence-electron chi connectivity index (χ1n) is 7.39. The largest absolute Gasteiger partial charge is 0.494 e. The van der Waals surface area contributed by atoms with E-state index in [1.165, 1.54) is 0 Å². The third-order valence-corrected chi connectivity index (χ3v) is 3.65. The molecule has 1 amide bonds. The fraction of sp³-hybridized carbons (Fsp3) is 0.562. The Morgan fingerprint density at radius 1 is 1.30 bits per heavy atom. The molecule has 0 radical (unpaired) electrons. The second-order valence-electron chi connectivity index (χ2n) is 5.32. The van der Waals surface area contributed by atoms with Gasteiger partial charge in [-0.1, -0.05) is 24.6 Å². The molecule has 0 heterocycles. The molecule has 1 aromatic carbocycles.